The molecule has 1 aliphatic carbocycles. The molecule has 0 atom stereocenters. The maximum Gasteiger partial charge on any atom is 0.252 e. The molecule has 0 saturated heterocycles. The van der Waals surface area contributed by atoms with Gasteiger partial charge in [0.2, 0.25) is 5.91 Å². The Morgan fingerprint density at radius 3 is 3.13 bits per heavy atom. The molecule has 0 unspecified atom stereocenters. The van der Waals surface area contributed by atoms with Gasteiger partial charge in [0, 0.05) is 12.5 Å². The Bertz CT molecular complexity index is 401. The van der Waals surface area contributed by atoms with Crippen molar-refractivity contribution in [1.82, 2.24) is 20.1 Å². The van der Waals surface area contributed by atoms with Crippen molar-refractivity contribution in [2.75, 3.05) is 0 Å². The minimum atomic E-state index is 0.0338. The molecule has 6 heteroatoms. The van der Waals surface area contributed by atoms with Gasteiger partial charge in [-0.05, 0) is 12.8 Å². The fourth-order valence-corrected chi connectivity index (χ4v) is 1.20. The number of carbonyl (C=O) groups excluding carboxylic acids is 1. The van der Waals surface area contributed by atoms with Crippen molar-refractivity contribution in [3.05, 3.63) is 12.2 Å². The van der Waals surface area contributed by atoms with Crippen LogP contribution in [0.25, 0.3) is 0 Å². The van der Waals surface area contributed by atoms with Crippen LogP contribution in [-0.4, -0.2) is 26.7 Å². The Kier molecular flexibility index (Phi) is 2.63. The van der Waals surface area contributed by atoms with Crippen LogP contribution in [0.2, 0.25) is 0 Å². The molecule has 0 aliphatic heterocycles. The average molecular weight is 205 g/mol. The van der Waals surface area contributed by atoms with Gasteiger partial charge in [0.15, 0.2) is 0 Å². The third-order valence-corrected chi connectivity index (χ3v) is 2.15. The van der Waals surface area contributed by atoms with Crippen molar-refractivity contribution >= 4 is 5.91 Å². The van der Waals surface area contributed by atoms with Gasteiger partial charge in [-0.25, -0.2) is 4.98 Å². The van der Waals surface area contributed by atoms with E-state index in [1.54, 1.807) is 0 Å². The second-order valence-corrected chi connectivity index (χ2v) is 3.53. The molecule has 1 aromatic rings. The molecule has 1 fully saturated rings. The molecule has 0 spiro atoms. The van der Waals surface area contributed by atoms with Crippen molar-refractivity contribution in [3.8, 4) is 6.07 Å². The molecule has 0 radical (unpaired) electrons. The zero-order chi connectivity index (χ0) is 10.7. The van der Waals surface area contributed by atoms with E-state index in [1.165, 1.54) is 11.0 Å². The number of nitriles is 1. The van der Waals surface area contributed by atoms with Gasteiger partial charge in [-0.1, -0.05) is 0 Å². The Morgan fingerprint density at radius 2 is 2.53 bits per heavy atom. The third kappa shape index (κ3) is 2.77. The van der Waals surface area contributed by atoms with Gasteiger partial charge in [-0.2, -0.15) is 5.26 Å². The number of nitrogens with zero attached hydrogens (tertiary/aromatic N) is 4. The quantitative estimate of drug-likeness (QED) is 0.739. The van der Waals surface area contributed by atoms with Crippen LogP contribution in [0.1, 0.15) is 25.1 Å². The fourth-order valence-electron chi connectivity index (χ4n) is 1.20. The summed E-state index contributed by atoms with van der Waals surface area (Å²) >= 11 is 0. The lowest BCUT2D eigenvalue weighted by atomic mass is 10.4. The van der Waals surface area contributed by atoms with Gasteiger partial charge in [-0.3, -0.25) is 9.48 Å². The first kappa shape index (κ1) is 9.65. The summed E-state index contributed by atoms with van der Waals surface area (Å²) in [7, 11) is 0. The van der Waals surface area contributed by atoms with E-state index in [-0.39, 0.29) is 11.7 Å². The fraction of sp³-hybridized carbons (Fsp3) is 0.556. The monoisotopic (exact) mass is 205 g/mol. The number of carbonyl (C=O) groups is 1. The van der Waals surface area contributed by atoms with Crippen molar-refractivity contribution in [2.24, 2.45) is 0 Å². The van der Waals surface area contributed by atoms with E-state index in [9.17, 15) is 4.79 Å². The summed E-state index contributed by atoms with van der Waals surface area (Å²) in [6.45, 7) is 0.466. The average Bonchev–Trinajstić information content (AvgIpc) is 2.92. The molecule has 0 bridgehead atoms. The summed E-state index contributed by atoms with van der Waals surface area (Å²) in [6, 6.07) is 2.23. The van der Waals surface area contributed by atoms with E-state index in [0.29, 0.717) is 19.0 Å². The van der Waals surface area contributed by atoms with Crippen molar-refractivity contribution < 1.29 is 4.79 Å². The number of hydrogen-bond acceptors (Lipinski definition) is 4. The van der Waals surface area contributed by atoms with Crippen molar-refractivity contribution in [2.45, 2.75) is 31.8 Å². The van der Waals surface area contributed by atoms with E-state index < -0.39 is 0 Å². The number of rotatable bonds is 4. The van der Waals surface area contributed by atoms with Crippen LogP contribution in [-0.2, 0) is 11.3 Å². The highest BCUT2D eigenvalue weighted by Gasteiger charge is 2.22. The van der Waals surface area contributed by atoms with Crippen LogP contribution in [0.3, 0.4) is 0 Å². The topological polar surface area (TPSA) is 83.6 Å². The summed E-state index contributed by atoms with van der Waals surface area (Å²) in [4.78, 5) is 15.1. The predicted octanol–water partition coefficient (Wildman–Crippen LogP) is -0.182. The zero-order valence-corrected chi connectivity index (χ0v) is 8.18. The number of nitrogens with one attached hydrogen (secondary N) is 1. The minimum Gasteiger partial charge on any atom is -0.353 e. The first-order valence-corrected chi connectivity index (χ1v) is 4.87. The highest BCUT2D eigenvalue weighted by atomic mass is 16.1. The van der Waals surface area contributed by atoms with Crippen LogP contribution in [0.15, 0.2) is 6.33 Å². The Morgan fingerprint density at radius 1 is 1.73 bits per heavy atom. The summed E-state index contributed by atoms with van der Waals surface area (Å²) < 4.78 is 1.50. The first-order valence-electron chi connectivity index (χ1n) is 4.87. The number of aryl methyl sites for hydroxylation is 1. The molecule has 1 amide bonds. The smallest absolute Gasteiger partial charge is 0.252 e. The van der Waals surface area contributed by atoms with E-state index in [4.69, 9.17) is 5.26 Å². The molecule has 1 aromatic heterocycles. The van der Waals surface area contributed by atoms with Crippen LogP contribution >= 0.6 is 0 Å². The lowest BCUT2D eigenvalue weighted by Gasteiger charge is -2.02. The SMILES string of the molecule is N#Cc1ncn(CCC(=O)NC2CC2)n1. The Hall–Kier alpha value is -1.90. The van der Waals surface area contributed by atoms with Gasteiger partial charge in [-0.15, -0.1) is 5.10 Å². The summed E-state index contributed by atoms with van der Waals surface area (Å²) in [5.74, 6) is 0.170. The van der Waals surface area contributed by atoms with E-state index >= 15 is 0 Å². The molecule has 6 nitrogen and oxygen atoms in total. The molecular formula is C9H11N5O. The van der Waals surface area contributed by atoms with E-state index in [0.717, 1.165) is 12.8 Å². The number of aromatic nitrogens is 3. The molecule has 15 heavy (non-hydrogen) atoms. The van der Waals surface area contributed by atoms with Gasteiger partial charge in [0.25, 0.3) is 5.82 Å². The predicted molar refractivity (Wildman–Crippen MR) is 50.5 cm³/mol. The molecular weight excluding hydrogens is 194 g/mol. The third-order valence-electron chi connectivity index (χ3n) is 2.15. The van der Waals surface area contributed by atoms with Crippen molar-refractivity contribution in [3.63, 3.8) is 0 Å². The minimum absolute atomic E-state index is 0.0338. The van der Waals surface area contributed by atoms with Crippen molar-refractivity contribution in [1.29, 1.82) is 5.26 Å². The maximum atomic E-state index is 11.3. The van der Waals surface area contributed by atoms with Crippen LogP contribution in [0.4, 0.5) is 0 Å². The van der Waals surface area contributed by atoms with E-state index in [1.807, 2.05) is 6.07 Å². The second kappa shape index (κ2) is 4.09. The standard InChI is InChI=1S/C9H11N5O/c10-5-8-11-6-14(13-8)4-3-9(15)12-7-1-2-7/h6-7H,1-4H2,(H,12,15). The lowest BCUT2D eigenvalue weighted by Crippen LogP contribution is -2.26. The first-order chi connectivity index (χ1) is 7.28. The maximum absolute atomic E-state index is 11.3. The molecule has 1 saturated carbocycles. The Labute approximate surface area is 86.9 Å². The van der Waals surface area contributed by atoms with Gasteiger partial charge in [0.1, 0.15) is 12.4 Å². The highest BCUT2D eigenvalue weighted by Crippen LogP contribution is 2.18. The molecule has 0 aromatic carbocycles. The zero-order valence-electron chi connectivity index (χ0n) is 8.18. The number of hydrogen-bond donors (Lipinski definition) is 1. The Balaban J connectivity index is 1.76. The van der Waals surface area contributed by atoms with Gasteiger partial charge >= 0.3 is 0 Å². The summed E-state index contributed by atoms with van der Waals surface area (Å²) in [5.41, 5.74) is 0. The lowest BCUT2D eigenvalue weighted by molar-refractivity contribution is -0.121. The summed E-state index contributed by atoms with van der Waals surface area (Å²) in [6.07, 6.45) is 4.02. The van der Waals surface area contributed by atoms with Gasteiger partial charge < -0.3 is 5.32 Å². The molecule has 1 heterocycles. The summed E-state index contributed by atoms with van der Waals surface area (Å²) in [5, 5.41) is 15.2. The van der Waals surface area contributed by atoms with Crippen LogP contribution in [0.5, 0.6) is 0 Å². The molecule has 2 rings (SSSR count). The largest absolute Gasteiger partial charge is 0.353 e. The second-order valence-electron chi connectivity index (χ2n) is 3.53. The normalized spacial score (nSPS) is 14.6. The van der Waals surface area contributed by atoms with E-state index in [2.05, 4.69) is 15.4 Å². The number of amides is 1. The molecule has 78 valence electrons. The van der Waals surface area contributed by atoms with Crippen LogP contribution < -0.4 is 5.32 Å². The highest BCUT2D eigenvalue weighted by molar-refractivity contribution is 5.76. The molecule has 1 N–H and O–H groups in total. The van der Waals surface area contributed by atoms with Gasteiger partial charge in [0.05, 0.1) is 6.54 Å². The molecule has 1 aliphatic rings. The van der Waals surface area contributed by atoms with Crippen LogP contribution in [0, 0.1) is 11.3 Å².